The van der Waals surface area contributed by atoms with Gasteiger partial charge in [-0.05, 0) is 37.5 Å². The van der Waals surface area contributed by atoms with Gasteiger partial charge in [0.15, 0.2) is 11.6 Å². The van der Waals surface area contributed by atoms with Crippen LogP contribution in [0.5, 0.6) is 5.75 Å². The summed E-state index contributed by atoms with van der Waals surface area (Å²) < 4.78 is 29.5. The van der Waals surface area contributed by atoms with Gasteiger partial charge in [0.2, 0.25) is 0 Å². The maximum Gasteiger partial charge on any atom is 0.310 e. The second kappa shape index (κ2) is 5.79. The molecule has 0 aliphatic heterocycles. The standard InChI is InChI=1S/C15H19FO4/c1-4-20-13(17)8-10-7-11(15(19-3)5-6-15)9-12(16)14(10)18-2/h7,9H,4-6,8H2,1-3H3. The molecule has 0 N–H and O–H groups in total. The van der Waals surface area contributed by atoms with E-state index < -0.39 is 17.4 Å². The van der Waals surface area contributed by atoms with Gasteiger partial charge in [0.05, 0.1) is 25.7 Å². The predicted molar refractivity (Wildman–Crippen MR) is 71.2 cm³/mol. The number of hydrogen-bond donors (Lipinski definition) is 0. The molecule has 0 saturated heterocycles. The van der Waals surface area contributed by atoms with Crippen LogP contribution in [0.15, 0.2) is 12.1 Å². The van der Waals surface area contributed by atoms with Gasteiger partial charge in [0.1, 0.15) is 0 Å². The van der Waals surface area contributed by atoms with E-state index in [1.54, 1.807) is 20.1 Å². The van der Waals surface area contributed by atoms with Crippen molar-refractivity contribution in [1.82, 2.24) is 0 Å². The van der Waals surface area contributed by atoms with E-state index in [0.717, 1.165) is 18.4 Å². The number of halogens is 1. The molecule has 0 heterocycles. The SMILES string of the molecule is CCOC(=O)Cc1cc(C2(OC)CC2)cc(F)c1OC. The van der Waals surface area contributed by atoms with Crippen LogP contribution in [-0.2, 0) is 26.3 Å². The van der Waals surface area contributed by atoms with Gasteiger partial charge in [0.25, 0.3) is 0 Å². The lowest BCUT2D eigenvalue weighted by Gasteiger charge is -2.17. The lowest BCUT2D eigenvalue weighted by molar-refractivity contribution is -0.142. The largest absolute Gasteiger partial charge is 0.493 e. The van der Waals surface area contributed by atoms with E-state index in [1.165, 1.54) is 13.2 Å². The summed E-state index contributed by atoms with van der Waals surface area (Å²) in [6.07, 6.45) is 1.70. The minimum Gasteiger partial charge on any atom is -0.493 e. The Bertz CT molecular complexity index is 509. The quantitative estimate of drug-likeness (QED) is 0.752. The summed E-state index contributed by atoms with van der Waals surface area (Å²) in [5.41, 5.74) is 0.832. The fourth-order valence-electron chi connectivity index (χ4n) is 2.37. The van der Waals surface area contributed by atoms with E-state index in [-0.39, 0.29) is 12.2 Å². The van der Waals surface area contributed by atoms with Gasteiger partial charge in [-0.3, -0.25) is 4.79 Å². The topological polar surface area (TPSA) is 44.8 Å². The van der Waals surface area contributed by atoms with Gasteiger partial charge in [-0.25, -0.2) is 4.39 Å². The number of benzene rings is 1. The highest BCUT2D eigenvalue weighted by atomic mass is 19.1. The Balaban J connectivity index is 2.35. The Kier molecular flexibility index (Phi) is 4.28. The van der Waals surface area contributed by atoms with Gasteiger partial charge in [-0.1, -0.05) is 0 Å². The third-order valence-electron chi connectivity index (χ3n) is 3.59. The number of rotatable bonds is 6. The number of methoxy groups -OCH3 is 2. The molecule has 0 aromatic heterocycles. The molecular weight excluding hydrogens is 263 g/mol. The first kappa shape index (κ1) is 14.8. The summed E-state index contributed by atoms with van der Waals surface area (Å²) >= 11 is 0. The predicted octanol–water partition coefficient (Wildman–Crippen LogP) is 2.58. The Hall–Kier alpha value is -1.62. The zero-order chi connectivity index (χ0) is 14.8. The van der Waals surface area contributed by atoms with Crippen LogP contribution in [0.2, 0.25) is 0 Å². The molecule has 0 unspecified atom stereocenters. The molecule has 1 aromatic carbocycles. The molecule has 0 spiro atoms. The smallest absolute Gasteiger partial charge is 0.310 e. The Morgan fingerprint density at radius 2 is 2.05 bits per heavy atom. The first-order chi connectivity index (χ1) is 9.56. The molecule has 4 nitrogen and oxygen atoms in total. The van der Waals surface area contributed by atoms with Gasteiger partial charge in [0, 0.05) is 12.7 Å². The van der Waals surface area contributed by atoms with Crippen LogP contribution in [0.1, 0.15) is 30.9 Å². The Morgan fingerprint density at radius 3 is 2.55 bits per heavy atom. The van der Waals surface area contributed by atoms with Crippen molar-refractivity contribution < 1.29 is 23.4 Å². The van der Waals surface area contributed by atoms with Crippen molar-refractivity contribution in [2.75, 3.05) is 20.8 Å². The van der Waals surface area contributed by atoms with Crippen molar-refractivity contribution in [3.63, 3.8) is 0 Å². The van der Waals surface area contributed by atoms with Crippen molar-refractivity contribution >= 4 is 5.97 Å². The zero-order valence-corrected chi connectivity index (χ0v) is 12.0. The minimum atomic E-state index is -0.479. The van der Waals surface area contributed by atoms with Crippen molar-refractivity contribution in [2.24, 2.45) is 0 Å². The summed E-state index contributed by atoms with van der Waals surface area (Å²) in [6, 6.07) is 3.19. The van der Waals surface area contributed by atoms with E-state index in [0.29, 0.717) is 12.2 Å². The van der Waals surface area contributed by atoms with Gasteiger partial charge in [-0.15, -0.1) is 0 Å². The molecule has 110 valence electrons. The first-order valence-electron chi connectivity index (χ1n) is 6.64. The van der Waals surface area contributed by atoms with Gasteiger partial charge >= 0.3 is 5.97 Å². The molecule has 0 atom stereocenters. The lowest BCUT2D eigenvalue weighted by Crippen LogP contribution is -2.13. The van der Waals surface area contributed by atoms with Crippen LogP contribution in [-0.4, -0.2) is 26.8 Å². The molecule has 1 fully saturated rings. The fourth-order valence-corrected chi connectivity index (χ4v) is 2.37. The molecule has 5 heteroatoms. The lowest BCUT2D eigenvalue weighted by atomic mass is 10.0. The average molecular weight is 282 g/mol. The first-order valence-corrected chi connectivity index (χ1v) is 6.64. The summed E-state index contributed by atoms with van der Waals surface area (Å²) in [6.45, 7) is 2.03. The molecule has 20 heavy (non-hydrogen) atoms. The van der Waals surface area contributed by atoms with Crippen LogP contribution in [0.4, 0.5) is 4.39 Å². The molecular formula is C15H19FO4. The summed E-state index contributed by atoms with van der Waals surface area (Å²) in [7, 11) is 3.00. The van der Waals surface area contributed by atoms with Crippen LogP contribution >= 0.6 is 0 Å². The second-order valence-corrected chi connectivity index (χ2v) is 4.83. The second-order valence-electron chi connectivity index (χ2n) is 4.83. The monoisotopic (exact) mass is 282 g/mol. The highest BCUT2D eigenvalue weighted by molar-refractivity contribution is 5.73. The molecule has 2 rings (SSSR count). The molecule has 1 aliphatic rings. The minimum absolute atomic E-state index is 0.0123. The van der Waals surface area contributed by atoms with Crippen LogP contribution < -0.4 is 4.74 Å². The van der Waals surface area contributed by atoms with E-state index in [1.807, 2.05) is 0 Å². The molecule has 0 amide bonds. The van der Waals surface area contributed by atoms with Gasteiger partial charge in [-0.2, -0.15) is 0 Å². The van der Waals surface area contributed by atoms with Crippen LogP contribution in [0.3, 0.4) is 0 Å². The molecule has 1 aromatic rings. The number of ether oxygens (including phenoxy) is 3. The Labute approximate surface area is 117 Å². The summed E-state index contributed by atoms with van der Waals surface area (Å²) in [4.78, 5) is 11.6. The molecule has 1 aliphatic carbocycles. The van der Waals surface area contributed by atoms with Crippen LogP contribution in [0.25, 0.3) is 0 Å². The van der Waals surface area contributed by atoms with Crippen molar-refractivity contribution in [3.05, 3.63) is 29.1 Å². The highest BCUT2D eigenvalue weighted by Crippen LogP contribution is 2.49. The number of hydrogen-bond acceptors (Lipinski definition) is 4. The molecule has 1 saturated carbocycles. The van der Waals surface area contributed by atoms with E-state index in [4.69, 9.17) is 14.2 Å². The summed E-state index contributed by atoms with van der Waals surface area (Å²) in [5.74, 6) is -0.786. The van der Waals surface area contributed by atoms with Crippen molar-refractivity contribution in [2.45, 2.75) is 31.8 Å². The third-order valence-corrected chi connectivity index (χ3v) is 3.59. The van der Waals surface area contributed by atoms with E-state index >= 15 is 0 Å². The number of carbonyl (C=O) groups excluding carboxylic acids is 1. The van der Waals surface area contributed by atoms with E-state index in [9.17, 15) is 9.18 Å². The molecule has 0 radical (unpaired) electrons. The normalized spacial score (nSPS) is 15.8. The third kappa shape index (κ3) is 2.77. The fraction of sp³-hybridized carbons (Fsp3) is 0.533. The van der Waals surface area contributed by atoms with Crippen molar-refractivity contribution in [1.29, 1.82) is 0 Å². The van der Waals surface area contributed by atoms with Crippen LogP contribution in [0, 0.1) is 5.82 Å². The maximum absolute atomic E-state index is 14.1. The number of carbonyl (C=O) groups is 1. The van der Waals surface area contributed by atoms with E-state index in [2.05, 4.69) is 0 Å². The molecule has 0 bridgehead atoms. The number of esters is 1. The summed E-state index contributed by atoms with van der Waals surface area (Å²) in [5, 5.41) is 0. The Morgan fingerprint density at radius 1 is 1.35 bits per heavy atom. The zero-order valence-electron chi connectivity index (χ0n) is 12.0. The highest BCUT2D eigenvalue weighted by Gasteiger charge is 2.45. The van der Waals surface area contributed by atoms with Crippen molar-refractivity contribution in [3.8, 4) is 5.75 Å². The maximum atomic E-state index is 14.1. The average Bonchev–Trinajstić information content (AvgIpc) is 3.19. The van der Waals surface area contributed by atoms with Gasteiger partial charge < -0.3 is 14.2 Å².